The predicted molar refractivity (Wildman–Crippen MR) is 116 cm³/mol. The Morgan fingerprint density at radius 3 is 2.47 bits per heavy atom. The third kappa shape index (κ3) is 4.80. The van der Waals surface area contributed by atoms with Gasteiger partial charge in [-0.25, -0.2) is 0 Å². The van der Waals surface area contributed by atoms with Crippen LogP contribution >= 0.6 is 0 Å². The van der Waals surface area contributed by atoms with E-state index >= 15 is 0 Å². The van der Waals surface area contributed by atoms with Crippen molar-refractivity contribution < 1.29 is 14.3 Å². The van der Waals surface area contributed by atoms with Gasteiger partial charge in [0, 0.05) is 31.6 Å². The number of benzene rings is 1. The number of hydrogen-bond acceptors (Lipinski definition) is 4. The van der Waals surface area contributed by atoms with Gasteiger partial charge in [-0.2, -0.15) is 0 Å². The molecule has 4 rings (SSSR count). The Bertz CT molecular complexity index is 747. The molecule has 1 aliphatic carbocycles. The molecule has 0 spiro atoms. The number of amides is 2. The molecule has 1 aromatic carbocycles. The third-order valence-corrected chi connectivity index (χ3v) is 7.03. The summed E-state index contributed by atoms with van der Waals surface area (Å²) in [5.74, 6) is 1.79. The van der Waals surface area contributed by atoms with Crippen molar-refractivity contribution in [1.82, 2.24) is 15.1 Å². The number of methoxy groups -OCH3 is 1. The monoisotopic (exact) mass is 413 g/mol. The molecule has 6 nitrogen and oxygen atoms in total. The van der Waals surface area contributed by atoms with E-state index < -0.39 is 0 Å². The summed E-state index contributed by atoms with van der Waals surface area (Å²) in [6.07, 6.45) is 6.11. The van der Waals surface area contributed by atoms with Crippen LogP contribution < -0.4 is 10.1 Å². The summed E-state index contributed by atoms with van der Waals surface area (Å²) in [5, 5.41) is 3.24. The second-order valence-corrected chi connectivity index (χ2v) is 9.24. The van der Waals surface area contributed by atoms with Crippen molar-refractivity contribution in [3.63, 3.8) is 0 Å². The minimum Gasteiger partial charge on any atom is -0.497 e. The van der Waals surface area contributed by atoms with Crippen LogP contribution in [0.25, 0.3) is 0 Å². The average Bonchev–Trinajstić information content (AvgIpc) is 3.63. The summed E-state index contributed by atoms with van der Waals surface area (Å²) in [6.45, 7) is 3.16. The number of carbonyl (C=O) groups excluding carboxylic acids is 2. The van der Waals surface area contributed by atoms with Crippen LogP contribution in [0.4, 0.5) is 0 Å². The van der Waals surface area contributed by atoms with E-state index in [4.69, 9.17) is 4.74 Å². The Kier molecular flexibility index (Phi) is 6.61. The van der Waals surface area contributed by atoms with Gasteiger partial charge in [-0.1, -0.05) is 12.1 Å². The molecule has 164 valence electrons. The predicted octanol–water partition coefficient (Wildman–Crippen LogP) is 2.84. The zero-order chi connectivity index (χ0) is 21.1. The Labute approximate surface area is 179 Å². The van der Waals surface area contributed by atoms with E-state index in [9.17, 15) is 9.59 Å². The molecule has 30 heavy (non-hydrogen) atoms. The molecule has 2 aliphatic heterocycles. The topological polar surface area (TPSA) is 61.9 Å². The molecule has 3 aliphatic rings. The minimum absolute atomic E-state index is 0.0674. The van der Waals surface area contributed by atoms with Gasteiger partial charge in [0.05, 0.1) is 13.0 Å². The van der Waals surface area contributed by atoms with Gasteiger partial charge in [-0.05, 0) is 75.7 Å². The van der Waals surface area contributed by atoms with Gasteiger partial charge in [0.2, 0.25) is 11.8 Å². The fourth-order valence-electron chi connectivity index (χ4n) is 5.16. The maximum absolute atomic E-state index is 12.9. The molecule has 0 bridgehead atoms. The van der Waals surface area contributed by atoms with E-state index in [-0.39, 0.29) is 23.7 Å². The van der Waals surface area contributed by atoms with Gasteiger partial charge in [0.1, 0.15) is 5.75 Å². The molecule has 1 saturated carbocycles. The number of nitrogens with zero attached hydrogens (tertiary/aromatic N) is 2. The van der Waals surface area contributed by atoms with Gasteiger partial charge in [0.15, 0.2) is 0 Å². The number of hydrogen-bond donors (Lipinski definition) is 1. The number of rotatable bonds is 6. The lowest BCUT2D eigenvalue weighted by Gasteiger charge is -2.40. The summed E-state index contributed by atoms with van der Waals surface area (Å²) in [4.78, 5) is 29.7. The highest BCUT2D eigenvalue weighted by molar-refractivity contribution is 5.83. The molecule has 2 saturated heterocycles. The maximum atomic E-state index is 12.9. The van der Waals surface area contributed by atoms with Crippen LogP contribution in [0.15, 0.2) is 24.3 Å². The summed E-state index contributed by atoms with van der Waals surface area (Å²) in [5.41, 5.74) is 1.27. The van der Waals surface area contributed by atoms with Crippen LogP contribution in [0.5, 0.6) is 5.75 Å². The van der Waals surface area contributed by atoms with Crippen molar-refractivity contribution >= 4 is 11.8 Å². The quantitative estimate of drug-likeness (QED) is 0.779. The number of piperidine rings is 2. The van der Waals surface area contributed by atoms with E-state index in [1.165, 1.54) is 5.56 Å². The zero-order valence-electron chi connectivity index (χ0n) is 18.3. The molecule has 3 fully saturated rings. The lowest BCUT2D eigenvalue weighted by atomic mass is 9.84. The third-order valence-electron chi connectivity index (χ3n) is 7.03. The minimum atomic E-state index is -0.0674. The van der Waals surface area contributed by atoms with E-state index in [0.717, 1.165) is 57.4 Å². The van der Waals surface area contributed by atoms with Crippen LogP contribution in [0.2, 0.25) is 0 Å². The lowest BCUT2D eigenvalue weighted by molar-refractivity contribution is -0.136. The molecular formula is C24H35N3O3. The molecule has 1 aromatic rings. The summed E-state index contributed by atoms with van der Waals surface area (Å²) in [7, 11) is 3.86. The van der Waals surface area contributed by atoms with E-state index in [1.807, 2.05) is 17.0 Å². The van der Waals surface area contributed by atoms with E-state index in [2.05, 4.69) is 29.4 Å². The SMILES string of the molecule is COc1ccc(C2C(CNC(=O)C3CCCN(C(=O)C4CC4)C3)CCCN2C)cc1. The van der Waals surface area contributed by atoms with Crippen LogP contribution in [0, 0.1) is 17.8 Å². The molecule has 0 radical (unpaired) electrons. The Balaban J connectivity index is 1.35. The molecule has 3 atom stereocenters. The van der Waals surface area contributed by atoms with Crippen LogP contribution in [-0.2, 0) is 9.59 Å². The van der Waals surface area contributed by atoms with E-state index in [0.29, 0.717) is 25.0 Å². The number of ether oxygens (including phenoxy) is 1. The van der Waals surface area contributed by atoms with Crippen LogP contribution in [-0.4, -0.2) is 62.0 Å². The first kappa shape index (κ1) is 21.2. The highest BCUT2D eigenvalue weighted by atomic mass is 16.5. The first-order valence-corrected chi connectivity index (χ1v) is 11.5. The summed E-state index contributed by atoms with van der Waals surface area (Å²) < 4.78 is 5.30. The van der Waals surface area contributed by atoms with Crippen molar-refractivity contribution in [3.05, 3.63) is 29.8 Å². The normalized spacial score (nSPS) is 27.5. The first-order chi connectivity index (χ1) is 14.6. The molecule has 6 heteroatoms. The van der Waals surface area contributed by atoms with Crippen molar-refractivity contribution in [1.29, 1.82) is 0 Å². The molecule has 2 heterocycles. The fourth-order valence-corrected chi connectivity index (χ4v) is 5.16. The van der Waals surface area contributed by atoms with Gasteiger partial charge in [0.25, 0.3) is 0 Å². The second-order valence-electron chi connectivity index (χ2n) is 9.24. The van der Waals surface area contributed by atoms with Gasteiger partial charge in [-0.3, -0.25) is 14.5 Å². The Hall–Kier alpha value is -2.08. The van der Waals surface area contributed by atoms with Crippen molar-refractivity contribution in [2.75, 3.05) is 40.3 Å². The fraction of sp³-hybridized carbons (Fsp3) is 0.667. The van der Waals surface area contributed by atoms with Crippen LogP contribution in [0.3, 0.4) is 0 Å². The van der Waals surface area contributed by atoms with E-state index in [1.54, 1.807) is 7.11 Å². The average molecular weight is 414 g/mol. The van der Waals surface area contributed by atoms with Gasteiger partial charge in [-0.15, -0.1) is 0 Å². The number of nitrogens with one attached hydrogen (secondary N) is 1. The highest BCUT2D eigenvalue weighted by Gasteiger charge is 2.37. The largest absolute Gasteiger partial charge is 0.497 e. The Morgan fingerprint density at radius 1 is 1.03 bits per heavy atom. The second kappa shape index (κ2) is 9.38. The zero-order valence-corrected chi connectivity index (χ0v) is 18.3. The van der Waals surface area contributed by atoms with Crippen LogP contribution in [0.1, 0.15) is 50.1 Å². The van der Waals surface area contributed by atoms with Crippen molar-refractivity contribution in [2.45, 2.75) is 44.6 Å². The summed E-state index contributed by atoms with van der Waals surface area (Å²) in [6, 6.07) is 8.61. The highest BCUT2D eigenvalue weighted by Crippen LogP contribution is 2.36. The van der Waals surface area contributed by atoms with Crippen molar-refractivity contribution in [2.24, 2.45) is 17.8 Å². The standard InChI is InChI=1S/C24H35N3O3/c1-26-13-3-5-19(22(26)17-9-11-21(30-2)12-10-17)15-25-23(28)20-6-4-14-27(16-20)24(29)18-7-8-18/h9-12,18-20,22H,3-8,13-16H2,1-2H3,(H,25,28). The molecular weight excluding hydrogens is 378 g/mol. The number of likely N-dealkylation sites (tertiary alicyclic amines) is 2. The molecule has 0 aromatic heterocycles. The smallest absolute Gasteiger partial charge is 0.225 e. The number of carbonyl (C=O) groups is 2. The first-order valence-electron chi connectivity index (χ1n) is 11.5. The molecule has 2 amide bonds. The van der Waals surface area contributed by atoms with Crippen molar-refractivity contribution in [3.8, 4) is 5.75 Å². The lowest BCUT2D eigenvalue weighted by Crippen LogP contribution is -2.48. The summed E-state index contributed by atoms with van der Waals surface area (Å²) >= 11 is 0. The maximum Gasteiger partial charge on any atom is 0.225 e. The molecule has 1 N–H and O–H groups in total. The Morgan fingerprint density at radius 2 is 1.77 bits per heavy atom. The van der Waals surface area contributed by atoms with Gasteiger partial charge < -0.3 is 15.0 Å². The molecule has 3 unspecified atom stereocenters. The van der Waals surface area contributed by atoms with Gasteiger partial charge >= 0.3 is 0 Å².